The van der Waals surface area contributed by atoms with Gasteiger partial charge in [0.25, 0.3) is 11.8 Å². The second kappa shape index (κ2) is 7.57. The molecule has 8 nitrogen and oxygen atoms in total. The Kier molecular flexibility index (Phi) is 4.88. The summed E-state index contributed by atoms with van der Waals surface area (Å²) in [7, 11) is 1.39. The number of aliphatic hydroxyl groups excluding tert-OH is 1. The summed E-state index contributed by atoms with van der Waals surface area (Å²) in [5, 5.41) is 11.0. The quantitative estimate of drug-likeness (QED) is 0.765. The molecule has 3 aliphatic heterocycles. The van der Waals surface area contributed by atoms with Crippen LogP contribution in [0.2, 0.25) is 0 Å². The fourth-order valence-electron chi connectivity index (χ4n) is 4.33. The molecule has 2 aromatic carbocycles. The van der Waals surface area contributed by atoms with Crippen LogP contribution in [0, 0.1) is 0 Å². The average Bonchev–Trinajstić information content (AvgIpc) is 3.04. The van der Waals surface area contributed by atoms with Gasteiger partial charge in [0, 0.05) is 12.7 Å². The van der Waals surface area contributed by atoms with Crippen LogP contribution in [0.1, 0.15) is 32.6 Å². The Labute approximate surface area is 172 Å². The largest absolute Gasteiger partial charge is 0.386 e. The summed E-state index contributed by atoms with van der Waals surface area (Å²) >= 11 is 0. The zero-order chi connectivity index (χ0) is 20.8. The normalized spacial score (nSPS) is 33.3. The van der Waals surface area contributed by atoms with Crippen LogP contribution in [0.15, 0.2) is 54.6 Å². The highest BCUT2D eigenvalue weighted by atomic mass is 16.7. The van der Waals surface area contributed by atoms with Gasteiger partial charge in [0.2, 0.25) is 0 Å². The van der Waals surface area contributed by atoms with Gasteiger partial charge in [0.15, 0.2) is 12.6 Å². The molecule has 2 saturated heterocycles. The van der Waals surface area contributed by atoms with Crippen LogP contribution < -0.4 is 0 Å². The number of ether oxygens (including phenoxy) is 4. The zero-order valence-electron chi connectivity index (χ0n) is 16.2. The summed E-state index contributed by atoms with van der Waals surface area (Å²) in [6.45, 7) is 0.163. The molecule has 2 aromatic rings. The first kappa shape index (κ1) is 19.3. The minimum absolute atomic E-state index is 0.163. The van der Waals surface area contributed by atoms with Gasteiger partial charge < -0.3 is 24.1 Å². The van der Waals surface area contributed by atoms with E-state index in [1.807, 2.05) is 30.3 Å². The molecule has 6 atom stereocenters. The molecule has 0 aliphatic carbocycles. The lowest BCUT2D eigenvalue weighted by Gasteiger charge is -2.49. The van der Waals surface area contributed by atoms with Crippen LogP contribution in [0.5, 0.6) is 0 Å². The van der Waals surface area contributed by atoms with E-state index in [0.29, 0.717) is 11.1 Å². The van der Waals surface area contributed by atoms with Crippen LogP contribution in [-0.2, 0) is 18.9 Å². The van der Waals surface area contributed by atoms with Crippen molar-refractivity contribution in [1.29, 1.82) is 0 Å². The lowest BCUT2D eigenvalue weighted by Crippen LogP contribution is -2.68. The summed E-state index contributed by atoms with van der Waals surface area (Å²) in [5.74, 6) is -0.942. The van der Waals surface area contributed by atoms with E-state index in [2.05, 4.69) is 0 Å². The van der Waals surface area contributed by atoms with Crippen molar-refractivity contribution >= 4 is 11.8 Å². The number of benzene rings is 2. The number of rotatable bonds is 3. The van der Waals surface area contributed by atoms with E-state index in [-0.39, 0.29) is 6.61 Å². The molecule has 30 heavy (non-hydrogen) atoms. The monoisotopic (exact) mass is 411 g/mol. The molecule has 3 heterocycles. The molecule has 0 spiro atoms. The third-order valence-electron chi connectivity index (χ3n) is 5.76. The van der Waals surface area contributed by atoms with E-state index < -0.39 is 48.7 Å². The molecule has 0 radical (unpaired) electrons. The van der Waals surface area contributed by atoms with E-state index in [0.717, 1.165) is 10.5 Å². The van der Waals surface area contributed by atoms with Crippen molar-refractivity contribution in [2.24, 2.45) is 0 Å². The molecular weight excluding hydrogens is 390 g/mol. The van der Waals surface area contributed by atoms with Crippen molar-refractivity contribution in [1.82, 2.24) is 4.90 Å². The summed E-state index contributed by atoms with van der Waals surface area (Å²) < 4.78 is 23.0. The first-order valence-electron chi connectivity index (χ1n) is 9.75. The highest BCUT2D eigenvalue weighted by Gasteiger charge is 2.56. The number of amides is 2. The number of carbonyl (C=O) groups is 2. The van der Waals surface area contributed by atoms with Crippen molar-refractivity contribution in [2.45, 2.75) is 36.9 Å². The molecule has 5 rings (SSSR count). The Bertz CT molecular complexity index is 930. The maximum Gasteiger partial charge on any atom is 0.261 e. The van der Waals surface area contributed by atoms with Crippen molar-refractivity contribution in [3.05, 3.63) is 71.3 Å². The molecule has 2 amide bonds. The minimum Gasteiger partial charge on any atom is -0.386 e. The molecule has 8 heteroatoms. The van der Waals surface area contributed by atoms with Gasteiger partial charge >= 0.3 is 0 Å². The molecule has 1 N–H and O–H groups in total. The number of carbonyl (C=O) groups excluding carboxylic acids is 2. The molecule has 3 aliphatic rings. The maximum absolute atomic E-state index is 13.1. The third kappa shape index (κ3) is 2.96. The van der Waals surface area contributed by atoms with Crippen LogP contribution in [0.25, 0.3) is 0 Å². The van der Waals surface area contributed by atoms with Gasteiger partial charge in [-0.25, -0.2) is 0 Å². The smallest absolute Gasteiger partial charge is 0.261 e. The summed E-state index contributed by atoms with van der Waals surface area (Å²) in [6.07, 6.45) is -4.42. The Balaban J connectivity index is 1.51. The number of fused-ring (bicyclic) bond motifs is 2. The van der Waals surface area contributed by atoms with E-state index in [4.69, 9.17) is 18.9 Å². The SMILES string of the molecule is CO[C@H]1O[C@@H]2CO[C@@H](c3ccccc3)O[C@H]2[C@@H](N2C(=O)c3ccccc3C2=O)[C@@H]1O. The van der Waals surface area contributed by atoms with Gasteiger partial charge in [0.1, 0.15) is 24.4 Å². The molecule has 0 saturated carbocycles. The first-order valence-corrected chi connectivity index (χ1v) is 9.75. The molecule has 0 bridgehead atoms. The third-order valence-corrected chi connectivity index (χ3v) is 5.76. The maximum atomic E-state index is 13.1. The predicted molar refractivity (Wildman–Crippen MR) is 102 cm³/mol. The van der Waals surface area contributed by atoms with Gasteiger partial charge in [-0.1, -0.05) is 42.5 Å². The topological polar surface area (TPSA) is 94.5 Å². The van der Waals surface area contributed by atoms with E-state index in [9.17, 15) is 14.7 Å². The molecular formula is C22H21NO7. The Morgan fingerprint density at radius 1 is 0.967 bits per heavy atom. The van der Waals surface area contributed by atoms with Crippen molar-refractivity contribution < 1.29 is 33.6 Å². The Morgan fingerprint density at radius 3 is 2.23 bits per heavy atom. The van der Waals surface area contributed by atoms with Gasteiger partial charge in [-0.15, -0.1) is 0 Å². The highest BCUT2D eigenvalue weighted by molar-refractivity contribution is 6.21. The van der Waals surface area contributed by atoms with Crippen LogP contribution in [0.3, 0.4) is 0 Å². The van der Waals surface area contributed by atoms with Crippen LogP contribution in [0.4, 0.5) is 0 Å². The summed E-state index contributed by atoms with van der Waals surface area (Å²) in [4.78, 5) is 27.3. The van der Waals surface area contributed by atoms with Gasteiger partial charge in [0.05, 0.1) is 17.7 Å². The van der Waals surface area contributed by atoms with E-state index >= 15 is 0 Å². The number of imide groups is 1. The molecule has 0 aromatic heterocycles. The highest BCUT2D eigenvalue weighted by Crippen LogP contribution is 2.38. The molecule has 0 unspecified atom stereocenters. The minimum atomic E-state index is -1.28. The van der Waals surface area contributed by atoms with Gasteiger partial charge in [-0.3, -0.25) is 14.5 Å². The van der Waals surface area contributed by atoms with Crippen molar-refractivity contribution in [3.63, 3.8) is 0 Å². The zero-order valence-corrected chi connectivity index (χ0v) is 16.2. The second-order valence-corrected chi connectivity index (χ2v) is 7.46. The molecule has 156 valence electrons. The van der Waals surface area contributed by atoms with Crippen molar-refractivity contribution in [3.8, 4) is 0 Å². The van der Waals surface area contributed by atoms with Crippen LogP contribution >= 0.6 is 0 Å². The summed E-state index contributed by atoms with van der Waals surface area (Å²) in [5.41, 5.74) is 1.40. The number of aliphatic hydroxyl groups is 1. The first-order chi connectivity index (χ1) is 14.6. The van der Waals surface area contributed by atoms with Crippen LogP contribution in [-0.4, -0.2) is 66.2 Å². The number of methoxy groups -OCH3 is 1. The number of hydrogen-bond donors (Lipinski definition) is 1. The van der Waals surface area contributed by atoms with Gasteiger partial charge in [-0.05, 0) is 12.1 Å². The number of hydrogen-bond acceptors (Lipinski definition) is 7. The van der Waals surface area contributed by atoms with Gasteiger partial charge in [-0.2, -0.15) is 0 Å². The fraction of sp³-hybridized carbons (Fsp3) is 0.364. The second-order valence-electron chi connectivity index (χ2n) is 7.46. The average molecular weight is 411 g/mol. The standard InChI is InChI=1S/C22H21NO7/c1-27-22-17(24)16(23-19(25)13-9-5-6-10-14(13)20(23)26)18-15(29-22)11-28-21(30-18)12-7-3-2-4-8-12/h2-10,15-18,21-22,24H,11H2,1H3/t15-,16+,17+,18-,21-,22+/m1/s1. The lowest BCUT2D eigenvalue weighted by atomic mass is 9.93. The number of nitrogens with zero attached hydrogens (tertiary/aromatic N) is 1. The Hall–Kier alpha value is -2.62. The predicted octanol–water partition coefficient (Wildman–Crippen LogP) is 1.50. The summed E-state index contributed by atoms with van der Waals surface area (Å²) in [6, 6.07) is 14.9. The van der Waals surface area contributed by atoms with Crippen molar-refractivity contribution in [2.75, 3.05) is 13.7 Å². The lowest BCUT2D eigenvalue weighted by molar-refractivity contribution is -0.345. The van der Waals surface area contributed by atoms with E-state index in [1.54, 1.807) is 24.3 Å². The Morgan fingerprint density at radius 2 is 1.60 bits per heavy atom. The molecule has 2 fully saturated rings. The fourth-order valence-corrected chi connectivity index (χ4v) is 4.33. The van der Waals surface area contributed by atoms with E-state index in [1.165, 1.54) is 7.11 Å².